The fourth-order valence-corrected chi connectivity index (χ4v) is 4.73. The lowest BCUT2D eigenvalue weighted by Crippen LogP contribution is -2.40. The smallest absolute Gasteiger partial charge is 0.241 e. The minimum absolute atomic E-state index is 0.0607. The first-order valence-corrected chi connectivity index (χ1v) is 13.0. The Morgan fingerprint density at radius 2 is 1.81 bits per heavy atom. The molecule has 1 saturated heterocycles. The van der Waals surface area contributed by atoms with Gasteiger partial charge in [0.1, 0.15) is 18.2 Å². The molecule has 0 atom stereocenters. The zero-order chi connectivity index (χ0) is 34.5. The maximum atomic E-state index is 12.8. The number of likely N-dealkylation sites (tertiary alicyclic amines) is 1. The van der Waals surface area contributed by atoms with Crippen molar-refractivity contribution in [3.8, 4) is 5.75 Å². The van der Waals surface area contributed by atoms with Crippen LogP contribution in [0.2, 0.25) is 0 Å². The number of nitrogens with one attached hydrogen (secondary N) is 3. The predicted molar refractivity (Wildman–Crippen MR) is 147 cm³/mol. The number of sulfonamides is 1. The molecule has 1 aromatic heterocycles. The summed E-state index contributed by atoms with van der Waals surface area (Å²) in [6, 6.07) is 12.6. The number of anilines is 4. The highest BCUT2D eigenvalue weighted by molar-refractivity contribution is 7.89. The molecule has 1 aliphatic rings. The van der Waals surface area contributed by atoms with Crippen molar-refractivity contribution in [2.45, 2.75) is 50.9 Å². The molecule has 0 saturated carbocycles. The minimum atomic E-state index is -3.78. The van der Waals surface area contributed by atoms with Gasteiger partial charge in [-0.3, -0.25) is 4.90 Å². The van der Waals surface area contributed by atoms with E-state index < -0.39 is 47.8 Å². The van der Waals surface area contributed by atoms with E-state index in [0.29, 0.717) is 27.6 Å². The van der Waals surface area contributed by atoms with Crippen molar-refractivity contribution in [3.05, 3.63) is 60.3 Å². The van der Waals surface area contributed by atoms with Crippen LogP contribution in [0.1, 0.15) is 51.4 Å². The molecular formula is C27H36N6O3S. The summed E-state index contributed by atoms with van der Waals surface area (Å²) < 4.78 is 106. The molecule has 2 aromatic carbocycles. The normalized spacial score (nSPS) is 23.5. The number of hydrogen-bond donors (Lipinski definition) is 3. The van der Waals surface area contributed by atoms with E-state index in [9.17, 15) is 8.42 Å². The van der Waals surface area contributed by atoms with Gasteiger partial charge in [0, 0.05) is 46.2 Å². The molecule has 3 N–H and O–H groups in total. The fraction of sp³-hybridized carbons (Fsp3) is 0.407. The van der Waals surface area contributed by atoms with Gasteiger partial charge in [0.2, 0.25) is 16.0 Å². The van der Waals surface area contributed by atoms with Crippen LogP contribution in [0.25, 0.3) is 0 Å². The number of rotatable bonds is 10. The van der Waals surface area contributed by atoms with E-state index in [0.717, 1.165) is 0 Å². The second kappa shape index (κ2) is 11.5. The van der Waals surface area contributed by atoms with Crippen molar-refractivity contribution in [1.29, 1.82) is 0 Å². The Morgan fingerprint density at radius 1 is 1.08 bits per heavy atom. The van der Waals surface area contributed by atoms with Crippen LogP contribution in [0.4, 0.5) is 23.1 Å². The first-order valence-electron chi connectivity index (χ1n) is 16.0. The van der Waals surface area contributed by atoms with E-state index in [2.05, 4.69) is 25.3 Å². The Kier molecular flexibility index (Phi) is 5.36. The third-order valence-electron chi connectivity index (χ3n) is 4.89. The lowest BCUT2D eigenvalue weighted by molar-refractivity contribution is 0.238. The zero-order valence-corrected chi connectivity index (χ0v) is 21.8. The molecule has 0 unspecified atom stereocenters. The average Bonchev–Trinajstić information content (AvgIpc) is 2.99. The van der Waals surface area contributed by atoms with Crippen molar-refractivity contribution in [3.63, 3.8) is 0 Å². The first kappa shape index (κ1) is 17.3. The second-order valence-electron chi connectivity index (χ2n) is 9.26. The summed E-state index contributed by atoms with van der Waals surface area (Å²) in [6.45, 7) is 0.392. The van der Waals surface area contributed by atoms with E-state index >= 15 is 0 Å². The van der Waals surface area contributed by atoms with Crippen molar-refractivity contribution < 1.29 is 25.5 Å². The van der Waals surface area contributed by atoms with Crippen LogP contribution < -0.4 is 20.1 Å². The number of nitrogens with zero attached hydrogens (tertiary/aromatic N) is 3. The van der Waals surface area contributed by atoms with Crippen LogP contribution in [-0.4, -0.2) is 55.0 Å². The number of aromatic nitrogens is 2. The Hall–Kier alpha value is -3.21. The standard InChI is InChI=1S/C27H36N6O3S/c1-20-19-28-26(30-21-10-12-23(13-11-21)36-17-16-33-14-5-6-15-33)31-25(20)29-22-8-7-9-24(18-22)37(34,35)32-27(2,3)4/h7-13,18-19,32H,5-6,14-17H2,1-4H3,(H2,28,29,30,31)/i5D2,6D2,14D2,15D2,19D. The summed E-state index contributed by atoms with van der Waals surface area (Å²) >= 11 is 0. The van der Waals surface area contributed by atoms with Gasteiger partial charge in [-0.2, -0.15) is 4.98 Å². The maximum Gasteiger partial charge on any atom is 0.241 e. The Morgan fingerprint density at radius 3 is 2.51 bits per heavy atom. The quantitative estimate of drug-likeness (QED) is 0.340. The van der Waals surface area contributed by atoms with E-state index in [1.165, 1.54) is 12.1 Å². The molecule has 37 heavy (non-hydrogen) atoms. The van der Waals surface area contributed by atoms with Gasteiger partial charge in [-0.05, 0) is 95.9 Å². The van der Waals surface area contributed by atoms with Gasteiger partial charge in [-0.1, -0.05) is 6.07 Å². The van der Waals surface area contributed by atoms with Crippen molar-refractivity contribution in [2.24, 2.45) is 0 Å². The van der Waals surface area contributed by atoms with Crippen molar-refractivity contribution in [1.82, 2.24) is 19.6 Å². The topological polar surface area (TPSA) is 108 Å². The summed E-state index contributed by atoms with van der Waals surface area (Å²) in [5.74, 6) is 0.712. The Bertz CT molecular complexity index is 1680. The van der Waals surface area contributed by atoms with Gasteiger partial charge in [0.15, 0.2) is 0 Å². The minimum Gasteiger partial charge on any atom is -0.492 e. The van der Waals surface area contributed by atoms with E-state index in [4.69, 9.17) is 17.1 Å². The molecule has 0 bridgehead atoms. The molecule has 2 heterocycles. The van der Waals surface area contributed by atoms with Crippen LogP contribution in [0, 0.1) is 6.92 Å². The van der Waals surface area contributed by atoms with E-state index in [-0.39, 0.29) is 29.4 Å². The third-order valence-corrected chi connectivity index (χ3v) is 6.64. The Labute approximate surface area is 232 Å². The predicted octanol–water partition coefficient (Wildman–Crippen LogP) is 4.82. The van der Waals surface area contributed by atoms with Crippen LogP contribution in [0.15, 0.2) is 59.6 Å². The Balaban J connectivity index is 1.43. The highest BCUT2D eigenvalue weighted by Gasteiger charge is 2.22. The first-order chi connectivity index (χ1) is 21.0. The summed E-state index contributed by atoms with van der Waals surface area (Å²) in [5.41, 5.74) is 0.726. The van der Waals surface area contributed by atoms with E-state index in [1.807, 2.05) is 0 Å². The molecular weight excluding hydrogens is 488 g/mol. The van der Waals surface area contributed by atoms with Crippen LogP contribution in [0.5, 0.6) is 5.75 Å². The highest BCUT2D eigenvalue weighted by Crippen LogP contribution is 2.24. The molecule has 4 rings (SSSR count). The summed E-state index contributed by atoms with van der Waals surface area (Å²) in [5, 5.41) is 6.06. The van der Waals surface area contributed by atoms with Gasteiger partial charge >= 0.3 is 0 Å². The van der Waals surface area contributed by atoms with Crippen molar-refractivity contribution in [2.75, 3.05) is 36.8 Å². The number of benzene rings is 2. The molecule has 0 amide bonds. The highest BCUT2D eigenvalue weighted by atomic mass is 32.2. The SMILES string of the molecule is [2H]c1nc(Nc2ccc(OCCN3C([2H])([2H])C([2H])([2H])C([2H])([2H])C3([2H])[2H])cc2)nc(Nc2cccc(S(=O)(=O)NC(C)(C)C)c2)c1C. The van der Waals surface area contributed by atoms with Gasteiger partial charge in [-0.25, -0.2) is 18.1 Å². The van der Waals surface area contributed by atoms with E-state index in [1.54, 1.807) is 64.1 Å². The molecule has 198 valence electrons. The molecule has 10 heteroatoms. The molecule has 1 fully saturated rings. The van der Waals surface area contributed by atoms with Crippen molar-refractivity contribution >= 4 is 33.2 Å². The molecule has 0 aliphatic carbocycles. The van der Waals surface area contributed by atoms with Gasteiger partial charge in [0.25, 0.3) is 0 Å². The average molecular weight is 534 g/mol. The second-order valence-corrected chi connectivity index (χ2v) is 10.9. The maximum absolute atomic E-state index is 12.8. The third kappa shape index (κ3) is 7.88. The lowest BCUT2D eigenvalue weighted by Gasteiger charge is -2.20. The summed E-state index contributed by atoms with van der Waals surface area (Å²) in [7, 11) is -3.78. The van der Waals surface area contributed by atoms with Crippen LogP contribution >= 0.6 is 0 Å². The molecule has 1 aliphatic heterocycles. The lowest BCUT2D eigenvalue weighted by atomic mass is 10.1. The van der Waals surface area contributed by atoms with Crippen LogP contribution in [-0.2, 0) is 10.0 Å². The molecule has 0 radical (unpaired) electrons. The monoisotopic (exact) mass is 533 g/mol. The number of ether oxygens (including phenoxy) is 1. The molecule has 0 spiro atoms. The van der Waals surface area contributed by atoms with Gasteiger partial charge < -0.3 is 15.4 Å². The largest absolute Gasteiger partial charge is 0.492 e. The van der Waals surface area contributed by atoms with Gasteiger partial charge in [-0.15, -0.1) is 0 Å². The zero-order valence-electron chi connectivity index (χ0n) is 30.0. The molecule has 9 nitrogen and oxygen atoms in total. The summed E-state index contributed by atoms with van der Waals surface area (Å²) in [4.78, 5) is 9.19. The number of hydrogen-bond acceptors (Lipinski definition) is 8. The molecule has 3 aromatic rings. The summed E-state index contributed by atoms with van der Waals surface area (Å²) in [6.07, 6.45) is -6.26. The van der Waals surface area contributed by atoms with Crippen LogP contribution in [0.3, 0.4) is 0 Å². The van der Waals surface area contributed by atoms with Gasteiger partial charge in [0.05, 0.1) is 6.27 Å². The fourth-order valence-electron chi connectivity index (χ4n) is 3.27.